The molecule has 0 saturated carbocycles. The number of hydrogen-bond donors (Lipinski definition) is 0. The number of ether oxygens (including phenoxy) is 1. The van der Waals surface area contributed by atoms with Gasteiger partial charge in [-0.1, -0.05) is 6.92 Å². The number of rotatable bonds is 2. The van der Waals surface area contributed by atoms with Gasteiger partial charge in [0.05, 0.1) is 6.61 Å². The minimum Gasteiger partial charge on any atom is -1.00 e. The van der Waals surface area contributed by atoms with E-state index in [4.69, 9.17) is 4.74 Å². The molecule has 0 radical (unpaired) electrons. The van der Waals surface area contributed by atoms with Gasteiger partial charge in [0, 0.05) is 5.75 Å². The van der Waals surface area contributed by atoms with Gasteiger partial charge in [-0.2, -0.15) is 17.7 Å². The molecular formula is C9H11BrMgO. The third kappa shape index (κ3) is 5.01. The standard InChI is InChI=1S/C9H11O.BrH.Mg/c1-3-10-9-6-4-8(2)5-7-9;;/h4-6H,3H2,1-2H3;1H;/q-1;;+2/p-1. The molecule has 62 valence electrons. The van der Waals surface area contributed by atoms with Crippen molar-refractivity contribution in [3.63, 3.8) is 0 Å². The minimum atomic E-state index is 0. The minimum absolute atomic E-state index is 0. The first-order chi connectivity index (χ1) is 4.83. The summed E-state index contributed by atoms with van der Waals surface area (Å²) in [5, 5.41) is 0. The summed E-state index contributed by atoms with van der Waals surface area (Å²) < 4.78 is 5.21. The van der Waals surface area contributed by atoms with Crippen LogP contribution in [-0.4, -0.2) is 29.7 Å². The van der Waals surface area contributed by atoms with Crippen LogP contribution in [0.4, 0.5) is 0 Å². The van der Waals surface area contributed by atoms with Crippen molar-refractivity contribution >= 4 is 23.1 Å². The molecule has 0 atom stereocenters. The largest absolute Gasteiger partial charge is 2.00 e. The van der Waals surface area contributed by atoms with Crippen LogP contribution in [-0.2, 0) is 0 Å². The van der Waals surface area contributed by atoms with Gasteiger partial charge in [0.25, 0.3) is 0 Å². The topological polar surface area (TPSA) is 9.23 Å². The Kier molecular flexibility index (Phi) is 9.72. The van der Waals surface area contributed by atoms with Crippen molar-refractivity contribution in [2.24, 2.45) is 0 Å². The third-order valence-corrected chi connectivity index (χ3v) is 1.24. The molecule has 0 aromatic heterocycles. The molecule has 12 heavy (non-hydrogen) atoms. The van der Waals surface area contributed by atoms with Crippen LogP contribution < -0.4 is 21.7 Å². The Labute approximate surface area is 100 Å². The number of benzene rings is 1. The summed E-state index contributed by atoms with van der Waals surface area (Å²) in [6.45, 7) is 4.71. The Morgan fingerprint density at radius 1 is 1.42 bits per heavy atom. The second-order valence-electron chi connectivity index (χ2n) is 2.16. The molecule has 0 unspecified atom stereocenters. The van der Waals surface area contributed by atoms with Gasteiger partial charge in [-0.05, 0) is 6.92 Å². The van der Waals surface area contributed by atoms with E-state index in [0.29, 0.717) is 6.61 Å². The molecule has 0 aliphatic carbocycles. The molecule has 3 heteroatoms. The fraction of sp³-hybridized carbons (Fsp3) is 0.333. The van der Waals surface area contributed by atoms with Crippen molar-refractivity contribution in [3.8, 4) is 5.75 Å². The van der Waals surface area contributed by atoms with Crippen LogP contribution in [0.1, 0.15) is 12.5 Å². The first-order valence-corrected chi connectivity index (χ1v) is 3.44. The zero-order valence-electron chi connectivity index (χ0n) is 7.43. The SMILES string of the molecule is CCOc1[c-]cc(C)cc1.[Br-].[Mg+2]. The Hall–Kier alpha value is 0.266. The number of halogens is 1. The summed E-state index contributed by atoms with van der Waals surface area (Å²) >= 11 is 0. The molecule has 1 nitrogen and oxygen atoms in total. The van der Waals surface area contributed by atoms with Crippen LogP contribution >= 0.6 is 0 Å². The quantitative estimate of drug-likeness (QED) is 0.466. The smallest absolute Gasteiger partial charge is 1.00 e. The van der Waals surface area contributed by atoms with Crippen molar-refractivity contribution in [2.45, 2.75) is 13.8 Å². The Morgan fingerprint density at radius 2 is 2.08 bits per heavy atom. The van der Waals surface area contributed by atoms with E-state index < -0.39 is 0 Å². The fourth-order valence-corrected chi connectivity index (χ4v) is 0.734. The Bertz CT molecular complexity index is 198. The average Bonchev–Trinajstić information content (AvgIpc) is 1.95. The van der Waals surface area contributed by atoms with E-state index in [1.807, 2.05) is 32.0 Å². The van der Waals surface area contributed by atoms with Crippen molar-refractivity contribution < 1.29 is 21.7 Å². The predicted molar refractivity (Wildman–Crippen MR) is 46.9 cm³/mol. The fourth-order valence-electron chi connectivity index (χ4n) is 0.734. The molecule has 0 spiro atoms. The molecule has 0 heterocycles. The third-order valence-electron chi connectivity index (χ3n) is 1.24. The summed E-state index contributed by atoms with van der Waals surface area (Å²) in [5.74, 6) is 0.827. The Morgan fingerprint density at radius 3 is 2.50 bits per heavy atom. The second-order valence-corrected chi connectivity index (χ2v) is 2.16. The summed E-state index contributed by atoms with van der Waals surface area (Å²) in [7, 11) is 0. The predicted octanol–water partition coefficient (Wildman–Crippen LogP) is -1.18. The monoisotopic (exact) mass is 238 g/mol. The van der Waals surface area contributed by atoms with E-state index in [1.54, 1.807) is 0 Å². The van der Waals surface area contributed by atoms with Gasteiger partial charge >= 0.3 is 23.1 Å². The maximum atomic E-state index is 5.21. The van der Waals surface area contributed by atoms with E-state index in [1.165, 1.54) is 5.56 Å². The maximum absolute atomic E-state index is 5.21. The molecular weight excluding hydrogens is 228 g/mol. The normalized spacial score (nSPS) is 7.83. The van der Waals surface area contributed by atoms with E-state index in [-0.39, 0.29) is 40.0 Å². The molecule has 0 N–H and O–H groups in total. The zero-order valence-corrected chi connectivity index (χ0v) is 10.4. The summed E-state index contributed by atoms with van der Waals surface area (Å²) in [5.41, 5.74) is 1.21. The number of aryl methyl sites for hydroxylation is 1. The molecule has 0 aliphatic rings. The van der Waals surface area contributed by atoms with Gasteiger partial charge in [-0.3, -0.25) is 0 Å². The first kappa shape index (κ1) is 14.8. The zero-order chi connectivity index (χ0) is 7.40. The average molecular weight is 239 g/mol. The van der Waals surface area contributed by atoms with Crippen molar-refractivity contribution in [3.05, 3.63) is 29.8 Å². The van der Waals surface area contributed by atoms with E-state index in [0.717, 1.165) is 5.75 Å². The molecule has 0 aliphatic heterocycles. The van der Waals surface area contributed by atoms with Crippen molar-refractivity contribution in [1.29, 1.82) is 0 Å². The van der Waals surface area contributed by atoms with Crippen LogP contribution in [0.3, 0.4) is 0 Å². The van der Waals surface area contributed by atoms with Crippen LogP contribution in [0, 0.1) is 13.0 Å². The van der Waals surface area contributed by atoms with Crippen molar-refractivity contribution in [1.82, 2.24) is 0 Å². The molecule has 1 rings (SSSR count). The van der Waals surface area contributed by atoms with E-state index in [2.05, 4.69) is 6.07 Å². The van der Waals surface area contributed by atoms with Crippen molar-refractivity contribution in [2.75, 3.05) is 6.61 Å². The first-order valence-electron chi connectivity index (χ1n) is 3.44. The Balaban J connectivity index is 0. The van der Waals surface area contributed by atoms with Gasteiger partial charge in [-0.25, -0.2) is 0 Å². The summed E-state index contributed by atoms with van der Waals surface area (Å²) in [4.78, 5) is 0. The van der Waals surface area contributed by atoms with Gasteiger partial charge in [0.15, 0.2) is 0 Å². The van der Waals surface area contributed by atoms with Gasteiger partial charge in [0.1, 0.15) is 0 Å². The molecule has 0 bridgehead atoms. The van der Waals surface area contributed by atoms with E-state index in [9.17, 15) is 0 Å². The maximum Gasteiger partial charge on any atom is 2.00 e. The van der Waals surface area contributed by atoms with Crippen LogP contribution in [0.25, 0.3) is 0 Å². The molecule has 0 amide bonds. The van der Waals surface area contributed by atoms with Crippen LogP contribution in [0.5, 0.6) is 5.75 Å². The molecule has 1 aromatic rings. The van der Waals surface area contributed by atoms with Crippen LogP contribution in [0.15, 0.2) is 18.2 Å². The molecule has 0 saturated heterocycles. The van der Waals surface area contributed by atoms with Gasteiger partial charge in [-0.15, -0.1) is 12.1 Å². The van der Waals surface area contributed by atoms with Crippen LogP contribution in [0.2, 0.25) is 0 Å². The summed E-state index contributed by atoms with van der Waals surface area (Å²) in [6, 6.07) is 8.88. The number of hydrogen-bond acceptors (Lipinski definition) is 1. The van der Waals surface area contributed by atoms with Gasteiger partial charge in [0.2, 0.25) is 0 Å². The second kappa shape index (κ2) is 7.89. The molecule has 1 aromatic carbocycles. The van der Waals surface area contributed by atoms with E-state index >= 15 is 0 Å². The molecule has 0 fully saturated rings. The van der Waals surface area contributed by atoms with Gasteiger partial charge < -0.3 is 21.7 Å². The summed E-state index contributed by atoms with van der Waals surface area (Å²) in [6.07, 6.45) is 0.